The molecule has 0 amide bonds. The van der Waals surface area contributed by atoms with Crippen molar-refractivity contribution in [3.05, 3.63) is 0 Å². The Bertz CT molecular complexity index is 717. The minimum atomic E-state index is -7.46. The van der Waals surface area contributed by atoms with E-state index in [0.717, 1.165) is 0 Å². The highest BCUT2D eigenvalue weighted by molar-refractivity contribution is 7.90. The molecule has 7 nitrogen and oxygen atoms in total. The van der Waals surface area contributed by atoms with Crippen molar-refractivity contribution in [1.82, 2.24) is 4.31 Å². The van der Waals surface area contributed by atoms with E-state index in [0.29, 0.717) is 0 Å². The SMILES string of the molecule is CN(CC(O)CS(=O)(=O)O)S(=O)(=O)C(F)(F)C(F)(F)C(F)(F)C(F)(F)F. The summed E-state index contributed by atoms with van der Waals surface area (Å²) in [5, 5.41) is 2.06. The van der Waals surface area contributed by atoms with Gasteiger partial charge in [-0.15, -0.1) is 0 Å². The Morgan fingerprint density at radius 3 is 1.58 bits per heavy atom. The van der Waals surface area contributed by atoms with E-state index < -0.39 is 66.1 Å². The van der Waals surface area contributed by atoms with Gasteiger partial charge < -0.3 is 5.11 Å². The Kier molecular flexibility index (Phi) is 6.72. The zero-order chi connectivity index (χ0) is 21.6. The van der Waals surface area contributed by atoms with Gasteiger partial charge in [-0.1, -0.05) is 0 Å². The predicted octanol–water partition coefficient (Wildman–Crippen LogP) is 0.922. The summed E-state index contributed by atoms with van der Waals surface area (Å²) in [6, 6.07) is 0. The topological polar surface area (TPSA) is 112 Å². The van der Waals surface area contributed by atoms with Gasteiger partial charge in [0.25, 0.3) is 20.1 Å². The molecular formula is C8H10F9NO6S2. The van der Waals surface area contributed by atoms with Crippen molar-refractivity contribution in [3.63, 3.8) is 0 Å². The molecule has 0 radical (unpaired) electrons. The van der Waals surface area contributed by atoms with Crippen molar-refractivity contribution in [2.75, 3.05) is 19.3 Å². The van der Waals surface area contributed by atoms with E-state index in [-0.39, 0.29) is 7.05 Å². The van der Waals surface area contributed by atoms with Crippen LogP contribution < -0.4 is 0 Å². The first-order valence-electron chi connectivity index (χ1n) is 5.81. The Labute approximate surface area is 140 Å². The number of rotatable bonds is 8. The van der Waals surface area contributed by atoms with Crippen LogP contribution in [0.5, 0.6) is 0 Å². The molecule has 0 bridgehead atoms. The number of aliphatic hydroxyl groups excluding tert-OH is 1. The van der Waals surface area contributed by atoms with E-state index in [2.05, 4.69) is 0 Å². The maximum atomic E-state index is 13.4. The Balaban J connectivity index is 5.89. The van der Waals surface area contributed by atoms with Gasteiger partial charge in [-0.2, -0.15) is 52.2 Å². The van der Waals surface area contributed by atoms with Crippen LogP contribution >= 0.6 is 0 Å². The maximum absolute atomic E-state index is 13.4. The van der Waals surface area contributed by atoms with E-state index in [1.54, 1.807) is 0 Å². The van der Waals surface area contributed by atoms with Crippen molar-refractivity contribution in [3.8, 4) is 0 Å². The van der Waals surface area contributed by atoms with Crippen LogP contribution in [0, 0.1) is 0 Å². The number of likely N-dealkylation sites (N-methyl/N-ethyl adjacent to an activating group) is 1. The summed E-state index contributed by atoms with van der Waals surface area (Å²) in [5.74, 6) is -16.6. The van der Waals surface area contributed by atoms with E-state index in [4.69, 9.17) is 9.66 Å². The number of hydrogen-bond donors (Lipinski definition) is 2. The molecule has 0 heterocycles. The van der Waals surface area contributed by atoms with Gasteiger partial charge in [0.1, 0.15) is 5.75 Å². The van der Waals surface area contributed by atoms with Crippen LogP contribution in [0.2, 0.25) is 0 Å². The van der Waals surface area contributed by atoms with Gasteiger partial charge in [0.15, 0.2) is 0 Å². The summed E-state index contributed by atoms with van der Waals surface area (Å²) in [5.41, 5.74) is 0. The highest BCUT2D eigenvalue weighted by Gasteiger charge is 2.85. The molecule has 1 atom stereocenters. The van der Waals surface area contributed by atoms with Crippen LogP contribution in [0.15, 0.2) is 0 Å². The second kappa shape index (κ2) is 6.95. The van der Waals surface area contributed by atoms with E-state index >= 15 is 0 Å². The molecular weight excluding hydrogens is 441 g/mol. The van der Waals surface area contributed by atoms with Crippen molar-refractivity contribution >= 4 is 20.1 Å². The number of hydrogen-bond acceptors (Lipinski definition) is 5. The molecule has 18 heteroatoms. The molecule has 0 fully saturated rings. The summed E-state index contributed by atoms with van der Waals surface area (Å²) in [7, 11) is -12.0. The monoisotopic (exact) mass is 451 g/mol. The molecule has 0 aromatic rings. The molecule has 0 spiro atoms. The first kappa shape index (κ1) is 25.1. The maximum Gasteiger partial charge on any atom is 0.460 e. The molecule has 0 aliphatic carbocycles. The second-order valence-corrected chi connectivity index (χ2v) is 8.43. The number of nitrogens with zero attached hydrogens (tertiary/aromatic N) is 1. The lowest BCUT2D eigenvalue weighted by molar-refractivity contribution is -0.382. The Morgan fingerprint density at radius 2 is 1.27 bits per heavy atom. The summed E-state index contributed by atoms with van der Waals surface area (Å²) < 4.78 is 165. The summed E-state index contributed by atoms with van der Waals surface area (Å²) in [4.78, 5) is 0. The molecule has 2 N–H and O–H groups in total. The average molecular weight is 451 g/mol. The summed E-state index contributed by atoms with van der Waals surface area (Å²) in [6.07, 6.45) is -9.74. The molecule has 26 heavy (non-hydrogen) atoms. The van der Waals surface area contributed by atoms with E-state index in [9.17, 15) is 56.3 Å². The van der Waals surface area contributed by atoms with Crippen molar-refractivity contribution < 1.29 is 66.0 Å². The standard InChI is InChI=1S/C8H10F9NO6S2/c1-18(2-4(19)3-25(20,21)22)26(23,24)8(16,17)6(11,12)5(9,10)7(13,14)15/h4,19H,2-3H2,1H3,(H,20,21,22). The van der Waals surface area contributed by atoms with E-state index in [1.165, 1.54) is 0 Å². The summed E-state index contributed by atoms with van der Waals surface area (Å²) >= 11 is 0. The molecule has 0 saturated heterocycles. The molecule has 0 aromatic heterocycles. The third kappa shape index (κ3) is 4.52. The largest absolute Gasteiger partial charge is 0.460 e. The third-order valence-electron chi connectivity index (χ3n) is 2.72. The van der Waals surface area contributed by atoms with Gasteiger partial charge in [-0.3, -0.25) is 4.55 Å². The third-order valence-corrected chi connectivity index (χ3v) is 5.40. The lowest BCUT2D eigenvalue weighted by atomic mass is 10.1. The van der Waals surface area contributed by atoms with Crippen molar-refractivity contribution in [2.45, 2.75) is 29.4 Å². The van der Waals surface area contributed by atoms with Gasteiger partial charge in [0, 0.05) is 13.6 Å². The number of sulfonamides is 1. The van der Waals surface area contributed by atoms with Crippen molar-refractivity contribution in [2.24, 2.45) is 0 Å². The number of halogens is 9. The Morgan fingerprint density at radius 1 is 0.885 bits per heavy atom. The Hall–Kier alpha value is -0.850. The van der Waals surface area contributed by atoms with Gasteiger partial charge in [-0.25, -0.2) is 8.42 Å². The normalized spacial score (nSPS) is 16.8. The molecule has 158 valence electrons. The van der Waals surface area contributed by atoms with Crippen LogP contribution in [-0.4, -0.2) is 79.5 Å². The molecule has 0 aliphatic rings. The van der Waals surface area contributed by atoms with Crippen LogP contribution in [0.4, 0.5) is 39.5 Å². The number of alkyl halides is 9. The number of aliphatic hydroxyl groups is 1. The zero-order valence-corrected chi connectivity index (χ0v) is 13.8. The van der Waals surface area contributed by atoms with Crippen LogP contribution in [0.1, 0.15) is 0 Å². The van der Waals surface area contributed by atoms with Crippen LogP contribution in [0.3, 0.4) is 0 Å². The smallest absolute Gasteiger partial charge is 0.391 e. The molecule has 0 rings (SSSR count). The fourth-order valence-corrected chi connectivity index (χ4v) is 3.21. The van der Waals surface area contributed by atoms with Crippen LogP contribution in [0.25, 0.3) is 0 Å². The zero-order valence-electron chi connectivity index (χ0n) is 12.2. The van der Waals surface area contributed by atoms with Gasteiger partial charge in [-0.05, 0) is 0 Å². The van der Waals surface area contributed by atoms with Gasteiger partial charge in [0.2, 0.25) is 0 Å². The quantitative estimate of drug-likeness (QED) is 0.420. The minimum Gasteiger partial charge on any atom is -0.391 e. The second-order valence-electron chi connectivity index (χ2n) is 4.85. The molecule has 0 saturated carbocycles. The van der Waals surface area contributed by atoms with Gasteiger partial charge >= 0.3 is 23.3 Å². The molecule has 0 aliphatic heterocycles. The minimum absolute atomic E-state index is 0.0295. The van der Waals surface area contributed by atoms with E-state index in [1.807, 2.05) is 0 Å². The predicted molar refractivity (Wildman–Crippen MR) is 64.9 cm³/mol. The lowest BCUT2D eigenvalue weighted by Crippen LogP contribution is -2.65. The molecule has 0 aromatic carbocycles. The fraction of sp³-hybridized carbons (Fsp3) is 1.00. The lowest BCUT2D eigenvalue weighted by Gasteiger charge is -2.35. The first-order valence-corrected chi connectivity index (χ1v) is 8.86. The summed E-state index contributed by atoms with van der Waals surface area (Å²) in [6.45, 7) is -1.76. The van der Waals surface area contributed by atoms with Crippen LogP contribution in [-0.2, 0) is 20.1 Å². The van der Waals surface area contributed by atoms with Gasteiger partial charge in [0.05, 0.1) is 6.10 Å². The highest BCUT2D eigenvalue weighted by Crippen LogP contribution is 2.55. The average Bonchev–Trinajstić information content (AvgIpc) is 2.33. The fourth-order valence-electron chi connectivity index (χ4n) is 1.41. The highest BCUT2D eigenvalue weighted by atomic mass is 32.2. The first-order chi connectivity index (χ1) is 11.0. The molecule has 1 unspecified atom stereocenters. The van der Waals surface area contributed by atoms with Crippen molar-refractivity contribution in [1.29, 1.82) is 0 Å².